The van der Waals surface area contributed by atoms with Crippen LogP contribution < -0.4 is 17.2 Å². The van der Waals surface area contributed by atoms with Crippen molar-refractivity contribution in [3.63, 3.8) is 0 Å². The van der Waals surface area contributed by atoms with E-state index in [1.807, 2.05) is 0 Å². The van der Waals surface area contributed by atoms with Crippen LogP contribution in [0.2, 0.25) is 0 Å². The number of hydrogen-bond acceptors (Lipinski definition) is 16. The number of rotatable bonds is 8. The Hall–Kier alpha value is -3.10. The third kappa shape index (κ3) is 5.12. The minimum atomic E-state index is -5.03. The zero-order valence-corrected chi connectivity index (χ0v) is 20.7. The molecule has 3 aromatic heterocycles. The summed E-state index contributed by atoms with van der Waals surface area (Å²) in [6, 6.07) is 1.25. The smallest absolute Gasteiger partial charge is 0.394 e. The number of nitrogen functional groups attached to an aromatic ring is 2. The SMILES string of the molecule is Nc1ccn([C@@H]2O[C@H](CO)[C@@H](O)[C@H]2OP(=O)(O)OC[C@H]2O[C@@H](n3cnc4c(N)ncnc43)[C@H](O)[C@@H]2O)c(=O)n1. The first-order valence-electron chi connectivity index (χ1n) is 11.4. The number of anilines is 2. The average molecular weight is 572 g/mol. The highest BCUT2D eigenvalue weighted by Crippen LogP contribution is 2.49. The molecule has 9 atom stereocenters. The highest BCUT2D eigenvalue weighted by atomic mass is 31.2. The van der Waals surface area contributed by atoms with Crippen molar-refractivity contribution in [3.05, 3.63) is 35.4 Å². The molecule has 5 rings (SSSR count). The zero-order chi connectivity index (χ0) is 28.1. The molecule has 20 heteroatoms. The van der Waals surface area contributed by atoms with Crippen molar-refractivity contribution in [2.24, 2.45) is 0 Å². The van der Waals surface area contributed by atoms with Gasteiger partial charge in [-0.3, -0.25) is 18.2 Å². The zero-order valence-electron chi connectivity index (χ0n) is 19.8. The Morgan fingerprint density at radius 3 is 2.49 bits per heavy atom. The number of ether oxygens (including phenoxy) is 2. The van der Waals surface area contributed by atoms with Gasteiger partial charge in [0.2, 0.25) is 0 Å². The second kappa shape index (κ2) is 10.5. The van der Waals surface area contributed by atoms with Crippen molar-refractivity contribution in [2.45, 2.75) is 49.1 Å². The summed E-state index contributed by atoms with van der Waals surface area (Å²) in [7, 11) is -5.03. The van der Waals surface area contributed by atoms with Crippen LogP contribution in [0.5, 0.6) is 0 Å². The van der Waals surface area contributed by atoms with Gasteiger partial charge >= 0.3 is 13.5 Å². The van der Waals surface area contributed by atoms with E-state index in [1.165, 1.54) is 29.5 Å². The number of aromatic nitrogens is 6. The molecule has 39 heavy (non-hydrogen) atoms. The van der Waals surface area contributed by atoms with Crippen LogP contribution in [0.1, 0.15) is 12.5 Å². The van der Waals surface area contributed by atoms with E-state index in [1.54, 1.807) is 0 Å². The molecule has 3 aromatic rings. The molecule has 2 saturated heterocycles. The van der Waals surface area contributed by atoms with Crippen LogP contribution in [-0.4, -0.2) is 104 Å². The average Bonchev–Trinajstić information content (AvgIpc) is 3.53. The first-order chi connectivity index (χ1) is 18.5. The van der Waals surface area contributed by atoms with E-state index in [0.29, 0.717) is 0 Å². The molecule has 0 spiro atoms. The van der Waals surface area contributed by atoms with Crippen molar-refractivity contribution >= 4 is 30.6 Å². The van der Waals surface area contributed by atoms with E-state index in [0.717, 1.165) is 4.57 Å². The fourth-order valence-corrected chi connectivity index (χ4v) is 5.26. The van der Waals surface area contributed by atoms with Crippen LogP contribution in [0.4, 0.5) is 11.6 Å². The number of aliphatic hydroxyl groups is 4. The summed E-state index contributed by atoms with van der Waals surface area (Å²) < 4.78 is 36.2. The maximum atomic E-state index is 12.8. The monoisotopic (exact) mass is 572 g/mol. The second-order valence-electron chi connectivity index (χ2n) is 8.74. The highest BCUT2D eigenvalue weighted by Gasteiger charge is 2.50. The van der Waals surface area contributed by atoms with Crippen LogP contribution in [0, 0.1) is 0 Å². The lowest BCUT2D eigenvalue weighted by molar-refractivity contribution is -0.0635. The molecule has 0 saturated carbocycles. The summed E-state index contributed by atoms with van der Waals surface area (Å²) in [5.74, 6) is -0.0146. The van der Waals surface area contributed by atoms with Gasteiger partial charge in [-0.05, 0) is 6.07 Å². The molecule has 1 unspecified atom stereocenters. The van der Waals surface area contributed by atoms with Crippen molar-refractivity contribution in [1.29, 1.82) is 0 Å². The maximum absolute atomic E-state index is 12.8. The lowest BCUT2D eigenvalue weighted by atomic mass is 10.1. The van der Waals surface area contributed by atoms with Gasteiger partial charge in [0.1, 0.15) is 54.3 Å². The maximum Gasteiger partial charge on any atom is 0.472 e. The molecule has 2 fully saturated rings. The first kappa shape index (κ1) is 27.5. The van der Waals surface area contributed by atoms with E-state index >= 15 is 0 Å². The Kier molecular flexibility index (Phi) is 7.37. The fourth-order valence-electron chi connectivity index (χ4n) is 4.33. The number of aliphatic hydroxyl groups excluding tert-OH is 4. The number of phosphoric ester groups is 1. The van der Waals surface area contributed by atoms with Gasteiger partial charge in [-0.1, -0.05) is 0 Å². The Morgan fingerprint density at radius 2 is 1.77 bits per heavy atom. The highest BCUT2D eigenvalue weighted by molar-refractivity contribution is 7.47. The summed E-state index contributed by atoms with van der Waals surface area (Å²) in [4.78, 5) is 38.1. The van der Waals surface area contributed by atoms with Crippen LogP contribution in [0.25, 0.3) is 11.2 Å². The summed E-state index contributed by atoms with van der Waals surface area (Å²) >= 11 is 0. The lowest BCUT2D eigenvalue weighted by Gasteiger charge is -2.25. The molecule has 9 N–H and O–H groups in total. The molecule has 2 aliphatic rings. The van der Waals surface area contributed by atoms with Crippen LogP contribution in [0.15, 0.2) is 29.7 Å². The van der Waals surface area contributed by atoms with Gasteiger partial charge in [-0.25, -0.2) is 24.3 Å². The topological polar surface area (TPSA) is 286 Å². The van der Waals surface area contributed by atoms with Crippen LogP contribution in [-0.2, 0) is 23.1 Å². The molecule has 0 aromatic carbocycles. The molecule has 5 heterocycles. The van der Waals surface area contributed by atoms with E-state index in [-0.39, 0.29) is 22.8 Å². The van der Waals surface area contributed by atoms with Crippen molar-refractivity contribution in [3.8, 4) is 0 Å². The Balaban J connectivity index is 1.29. The van der Waals surface area contributed by atoms with E-state index in [2.05, 4.69) is 19.9 Å². The summed E-state index contributed by atoms with van der Waals surface area (Å²) in [6.07, 6.45) is -8.08. The molecular formula is C19H25N8O11P. The summed E-state index contributed by atoms with van der Waals surface area (Å²) in [5.41, 5.74) is 10.8. The van der Waals surface area contributed by atoms with Crippen LogP contribution >= 0.6 is 7.82 Å². The quantitative estimate of drug-likeness (QED) is 0.130. The molecule has 2 aliphatic heterocycles. The minimum absolute atomic E-state index is 0.0851. The Morgan fingerprint density at radius 1 is 1.03 bits per heavy atom. The number of phosphoric acid groups is 1. The van der Waals surface area contributed by atoms with Crippen molar-refractivity contribution in [2.75, 3.05) is 24.7 Å². The van der Waals surface area contributed by atoms with Gasteiger partial charge in [0, 0.05) is 6.20 Å². The molecule has 0 bridgehead atoms. The lowest BCUT2D eigenvalue weighted by Crippen LogP contribution is -2.38. The van der Waals surface area contributed by atoms with Gasteiger partial charge in [0.25, 0.3) is 0 Å². The van der Waals surface area contributed by atoms with E-state index < -0.39 is 75.8 Å². The largest absolute Gasteiger partial charge is 0.472 e. The standard InChI is InChI=1S/C19H25N8O11P/c20-9-1-2-26(19(32)25-9)18-14(12(30)7(3-28)36-18)38-39(33,34)35-4-8-11(29)13(31)17(37-8)27-6-24-10-15(21)22-5-23-16(10)27/h1-2,5-8,11-14,17-18,28-31H,3-4H2,(H,33,34)(H2,20,25,32)(H2,21,22,23)/t7-,8-,11-,12-,13-,14-,17-,18-/m1/s1. The Labute approximate surface area is 217 Å². The number of nitrogens with two attached hydrogens (primary N) is 2. The van der Waals surface area contributed by atoms with Gasteiger partial charge in [-0.2, -0.15) is 4.98 Å². The van der Waals surface area contributed by atoms with Crippen LogP contribution in [0.3, 0.4) is 0 Å². The number of imidazole rings is 1. The van der Waals surface area contributed by atoms with Gasteiger partial charge in [0.05, 0.1) is 19.5 Å². The molecule has 0 amide bonds. The minimum Gasteiger partial charge on any atom is -0.394 e. The molecule has 19 nitrogen and oxygen atoms in total. The van der Waals surface area contributed by atoms with Crippen molar-refractivity contribution in [1.82, 2.24) is 29.1 Å². The molecule has 0 radical (unpaired) electrons. The summed E-state index contributed by atoms with van der Waals surface area (Å²) in [6.45, 7) is -1.44. The third-order valence-corrected chi connectivity index (χ3v) is 7.26. The molecule has 0 aliphatic carbocycles. The third-order valence-electron chi connectivity index (χ3n) is 6.27. The second-order valence-corrected chi connectivity index (χ2v) is 10.2. The predicted molar refractivity (Wildman–Crippen MR) is 126 cm³/mol. The number of hydrogen-bond donors (Lipinski definition) is 7. The normalized spacial score (nSPS) is 32.5. The van der Waals surface area contributed by atoms with Crippen molar-refractivity contribution < 1.29 is 48.4 Å². The van der Waals surface area contributed by atoms with Gasteiger partial charge < -0.3 is 46.3 Å². The van der Waals surface area contributed by atoms with E-state index in [9.17, 15) is 34.7 Å². The molecular weight excluding hydrogens is 547 g/mol. The Bertz CT molecular complexity index is 1450. The summed E-state index contributed by atoms with van der Waals surface area (Å²) in [5, 5.41) is 41.0. The van der Waals surface area contributed by atoms with Gasteiger partial charge in [-0.15, -0.1) is 0 Å². The van der Waals surface area contributed by atoms with Gasteiger partial charge in [0.15, 0.2) is 23.9 Å². The predicted octanol–water partition coefficient (Wildman–Crippen LogP) is -3.38. The van der Waals surface area contributed by atoms with E-state index in [4.69, 9.17) is 30.0 Å². The fraction of sp³-hybridized carbons (Fsp3) is 0.526. The molecule has 212 valence electrons. The number of nitrogens with zero attached hydrogens (tertiary/aromatic N) is 6. The first-order valence-corrected chi connectivity index (χ1v) is 12.9. The number of fused-ring (bicyclic) bond motifs is 1.